The summed E-state index contributed by atoms with van der Waals surface area (Å²) >= 11 is 3.55. The minimum atomic E-state index is -0.796. The quantitative estimate of drug-likeness (QED) is 0.362. The van der Waals surface area contributed by atoms with Crippen molar-refractivity contribution in [3.05, 3.63) is 88.5 Å². The van der Waals surface area contributed by atoms with Crippen LogP contribution in [0.5, 0.6) is 5.75 Å². The summed E-state index contributed by atoms with van der Waals surface area (Å²) in [6, 6.07) is 21.5. The Bertz CT molecular complexity index is 933. The van der Waals surface area contributed by atoms with Crippen LogP contribution >= 0.6 is 15.9 Å². The summed E-state index contributed by atoms with van der Waals surface area (Å²) in [6.45, 7) is 1.40. The minimum absolute atomic E-state index is 0.0874. The molecule has 30 heavy (non-hydrogen) atoms. The van der Waals surface area contributed by atoms with Gasteiger partial charge in [-0.3, -0.25) is 4.79 Å². The normalized spacial score (nSPS) is 11.6. The molecule has 0 spiro atoms. The van der Waals surface area contributed by atoms with Crippen LogP contribution in [0.15, 0.2) is 77.4 Å². The van der Waals surface area contributed by atoms with E-state index < -0.39 is 5.97 Å². The van der Waals surface area contributed by atoms with E-state index >= 15 is 0 Å². The molecule has 1 atom stereocenters. The van der Waals surface area contributed by atoms with Crippen LogP contribution in [0.1, 0.15) is 29.9 Å². The number of aromatic nitrogens is 1. The second kappa shape index (κ2) is 11.4. The monoisotopic (exact) mass is 468 g/mol. The van der Waals surface area contributed by atoms with Gasteiger partial charge >= 0.3 is 5.97 Å². The largest absolute Gasteiger partial charge is 0.494 e. The molecule has 0 bridgehead atoms. The van der Waals surface area contributed by atoms with Crippen molar-refractivity contribution in [1.29, 1.82) is 0 Å². The summed E-state index contributed by atoms with van der Waals surface area (Å²) in [5, 5.41) is 12.6. The van der Waals surface area contributed by atoms with Gasteiger partial charge in [-0.2, -0.15) is 0 Å². The lowest BCUT2D eigenvalue weighted by Gasteiger charge is -2.17. The molecular formula is C24H25BrN2O3. The van der Waals surface area contributed by atoms with Crippen molar-refractivity contribution >= 4 is 27.7 Å². The Balaban J connectivity index is 1.50. The first-order valence-corrected chi connectivity index (χ1v) is 10.7. The molecule has 5 nitrogen and oxygen atoms in total. The molecule has 0 aliphatic heterocycles. The molecule has 3 rings (SSSR count). The van der Waals surface area contributed by atoms with Crippen molar-refractivity contribution in [2.24, 2.45) is 0 Å². The number of hydrogen-bond donors (Lipinski definition) is 2. The molecule has 0 saturated heterocycles. The van der Waals surface area contributed by atoms with Gasteiger partial charge < -0.3 is 15.2 Å². The van der Waals surface area contributed by atoms with Gasteiger partial charge in [-0.25, -0.2) is 4.98 Å². The minimum Gasteiger partial charge on any atom is -0.494 e. The smallest absolute Gasteiger partial charge is 0.303 e. The fourth-order valence-electron chi connectivity index (χ4n) is 3.26. The molecule has 0 amide bonds. The Morgan fingerprint density at radius 1 is 1.07 bits per heavy atom. The van der Waals surface area contributed by atoms with Crippen LogP contribution in [0.4, 0.5) is 5.82 Å². The number of anilines is 1. The number of benzene rings is 2. The number of carboxylic acid groups (broad SMARTS) is 1. The molecule has 0 radical (unpaired) electrons. The molecule has 2 aromatic carbocycles. The molecular weight excluding hydrogens is 444 g/mol. The van der Waals surface area contributed by atoms with Gasteiger partial charge in [0.15, 0.2) is 0 Å². The van der Waals surface area contributed by atoms with Crippen LogP contribution in [-0.4, -0.2) is 29.2 Å². The van der Waals surface area contributed by atoms with Crippen LogP contribution < -0.4 is 10.1 Å². The van der Waals surface area contributed by atoms with E-state index in [1.807, 2.05) is 66.7 Å². The van der Waals surface area contributed by atoms with Gasteiger partial charge in [0.1, 0.15) is 11.6 Å². The van der Waals surface area contributed by atoms with E-state index in [2.05, 4.69) is 26.2 Å². The number of aliphatic carboxylic acids is 1. The summed E-state index contributed by atoms with van der Waals surface area (Å²) in [4.78, 5) is 15.6. The Kier molecular flexibility index (Phi) is 8.27. The van der Waals surface area contributed by atoms with Crippen molar-refractivity contribution in [2.75, 3.05) is 18.5 Å². The third kappa shape index (κ3) is 6.88. The molecule has 1 aromatic heterocycles. The fourth-order valence-corrected chi connectivity index (χ4v) is 3.87. The second-order valence-corrected chi connectivity index (χ2v) is 7.86. The van der Waals surface area contributed by atoms with Crippen molar-refractivity contribution in [3.8, 4) is 5.75 Å². The number of carbonyl (C=O) groups is 1. The van der Waals surface area contributed by atoms with Gasteiger partial charge in [0.2, 0.25) is 0 Å². The summed E-state index contributed by atoms with van der Waals surface area (Å²) in [6.07, 6.45) is 3.37. The zero-order chi connectivity index (χ0) is 21.2. The standard InChI is InChI=1S/C24H25BrN2O3/c25-22-7-2-1-6-21(22)19(17-24(28)29)16-18-9-11-20(12-10-18)30-15-5-14-27-23-8-3-4-13-26-23/h1-4,6-13,19H,5,14-17H2,(H,26,27)(H,28,29). The average Bonchev–Trinajstić information content (AvgIpc) is 2.75. The lowest BCUT2D eigenvalue weighted by atomic mass is 9.89. The molecule has 1 heterocycles. The lowest BCUT2D eigenvalue weighted by molar-refractivity contribution is -0.137. The third-order valence-corrected chi connectivity index (χ3v) is 5.45. The molecule has 6 heteroatoms. The highest BCUT2D eigenvalue weighted by Gasteiger charge is 2.18. The maximum Gasteiger partial charge on any atom is 0.303 e. The van der Waals surface area contributed by atoms with E-state index in [1.165, 1.54) is 0 Å². The summed E-state index contributed by atoms with van der Waals surface area (Å²) < 4.78 is 6.75. The molecule has 1 unspecified atom stereocenters. The zero-order valence-corrected chi connectivity index (χ0v) is 18.2. The number of hydrogen-bond acceptors (Lipinski definition) is 4. The molecule has 2 N–H and O–H groups in total. The fraction of sp³-hybridized carbons (Fsp3) is 0.250. The maximum atomic E-state index is 11.4. The zero-order valence-electron chi connectivity index (χ0n) is 16.6. The van der Waals surface area contributed by atoms with Crippen LogP contribution in [0.25, 0.3) is 0 Å². The highest BCUT2D eigenvalue weighted by atomic mass is 79.9. The number of halogens is 1. The van der Waals surface area contributed by atoms with Gasteiger partial charge in [-0.05, 0) is 60.2 Å². The second-order valence-electron chi connectivity index (χ2n) is 7.01. The van der Waals surface area contributed by atoms with Gasteiger partial charge in [-0.1, -0.05) is 52.3 Å². The van der Waals surface area contributed by atoms with Crippen molar-refractivity contribution in [3.63, 3.8) is 0 Å². The Hall–Kier alpha value is -2.86. The molecule has 0 saturated carbocycles. The molecule has 0 fully saturated rings. The van der Waals surface area contributed by atoms with Crippen molar-refractivity contribution < 1.29 is 14.6 Å². The SMILES string of the molecule is O=C(O)CC(Cc1ccc(OCCCNc2ccccn2)cc1)c1ccccc1Br. The predicted octanol–water partition coefficient (Wildman–Crippen LogP) is 5.53. The Labute approximate surface area is 185 Å². The van der Waals surface area contributed by atoms with E-state index in [9.17, 15) is 9.90 Å². The number of carboxylic acids is 1. The highest BCUT2D eigenvalue weighted by molar-refractivity contribution is 9.10. The van der Waals surface area contributed by atoms with Crippen molar-refractivity contribution in [2.45, 2.75) is 25.2 Å². The highest BCUT2D eigenvalue weighted by Crippen LogP contribution is 2.31. The first-order chi connectivity index (χ1) is 14.6. The number of pyridine rings is 1. The predicted molar refractivity (Wildman–Crippen MR) is 122 cm³/mol. The van der Waals surface area contributed by atoms with Gasteiger partial charge in [0, 0.05) is 17.2 Å². The summed E-state index contributed by atoms with van der Waals surface area (Å²) in [5.74, 6) is 0.785. The average molecular weight is 469 g/mol. The van der Waals surface area contributed by atoms with Gasteiger partial charge in [0.25, 0.3) is 0 Å². The first-order valence-electron chi connectivity index (χ1n) is 9.94. The van der Waals surface area contributed by atoms with E-state index in [-0.39, 0.29) is 12.3 Å². The Morgan fingerprint density at radius 2 is 1.83 bits per heavy atom. The van der Waals surface area contributed by atoms with E-state index in [0.717, 1.165) is 40.1 Å². The van der Waals surface area contributed by atoms with Crippen LogP contribution in [0, 0.1) is 0 Å². The van der Waals surface area contributed by atoms with Crippen molar-refractivity contribution in [1.82, 2.24) is 4.98 Å². The van der Waals surface area contributed by atoms with Crippen LogP contribution in [0.2, 0.25) is 0 Å². The number of ether oxygens (including phenoxy) is 1. The molecule has 3 aromatic rings. The maximum absolute atomic E-state index is 11.4. The molecule has 0 aliphatic rings. The topological polar surface area (TPSA) is 71.5 Å². The summed E-state index contributed by atoms with van der Waals surface area (Å²) in [5.41, 5.74) is 2.10. The van der Waals surface area contributed by atoms with E-state index in [4.69, 9.17) is 4.74 Å². The number of rotatable bonds is 11. The van der Waals surface area contributed by atoms with E-state index in [0.29, 0.717) is 13.0 Å². The lowest BCUT2D eigenvalue weighted by Crippen LogP contribution is -2.10. The van der Waals surface area contributed by atoms with E-state index in [1.54, 1.807) is 6.20 Å². The third-order valence-electron chi connectivity index (χ3n) is 4.73. The Morgan fingerprint density at radius 3 is 2.53 bits per heavy atom. The first kappa shape index (κ1) is 21.8. The number of nitrogens with one attached hydrogen (secondary N) is 1. The van der Waals surface area contributed by atoms with Crippen LogP contribution in [0.3, 0.4) is 0 Å². The summed E-state index contributed by atoms with van der Waals surface area (Å²) in [7, 11) is 0. The molecule has 0 aliphatic carbocycles. The van der Waals surface area contributed by atoms with Gasteiger partial charge in [0.05, 0.1) is 13.0 Å². The number of nitrogens with zero attached hydrogens (tertiary/aromatic N) is 1. The molecule has 156 valence electrons. The van der Waals surface area contributed by atoms with Crippen LogP contribution in [-0.2, 0) is 11.2 Å². The van der Waals surface area contributed by atoms with Gasteiger partial charge in [-0.15, -0.1) is 0 Å².